The number of likely N-dealkylation sites (tertiary alicyclic amines) is 1. The van der Waals surface area contributed by atoms with Crippen LogP contribution in [0.25, 0.3) is 0 Å². The van der Waals surface area contributed by atoms with Gasteiger partial charge < -0.3 is 15.5 Å². The number of hydrogen-bond acceptors (Lipinski definition) is 2. The quantitative estimate of drug-likeness (QED) is 0.658. The molecule has 1 fully saturated rings. The van der Waals surface area contributed by atoms with Gasteiger partial charge in [0.1, 0.15) is 6.04 Å². The molecule has 1 saturated heterocycles. The van der Waals surface area contributed by atoms with Crippen molar-refractivity contribution in [2.75, 3.05) is 13.6 Å². The van der Waals surface area contributed by atoms with Crippen molar-refractivity contribution < 1.29 is 9.59 Å². The number of carbonyl (C=O) groups is 2. The van der Waals surface area contributed by atoms with Gasteiger partial charge in [0.15, 0.2) is 0 Å². The highest BCUT2D eigenvalue weighted by atomic mass is 16.2. The fourth-order valence-corrected chi connectivity index (χ4v) is 1.49. The van der Waals surface area contributed by atoms with E-state index in [0.29, 0.717) is 13.0 Å². The molecule has 5 heteroatoms. The molecule has 0 aromatic rings. The summed E-state index contributed by atoms with van der Waals surface area (Å²) < 4.78 is 0. The van der Waals surface area contributed by atoms with Gasteiger partial charge in [-0.3, -0.25) is 4.79 Å². The summed E-state index contributed by atoms with van der Waals surface area (Å²) in [7, 11) is 1.74. The van der Waals surface area contributed by atoms with Gasteiger partial charge in [-0.1, -0.05) is 0 Å². The molecule has 3 amide bonds. The Bertz CT molecular complexity index is 270. The van der Waals surface area contributed by atoms with E-state index in [9.17, 15) is 9.59 Å². The summed E-state index contributed by atoms with van der Waals surface area (Å²) in [5.41, 5.74) is -0.280. The van der Waals surface area contributed by atoms with Crippen molar-refractivity contribution >= 4 is 11.9 Å². The maximum absolute atomic E-state index is 11.5. The Morgan fingerprint density at radius 3 is 2.47 bits per heavy atom. The number of nitrogens with one attached hydrogen (secondary N) is 2. The Labute approximate surface area is 90.2 Å². The molecule has 1 rings (SSSR count). The molecule has 0 saturated carbocycles. The highest BCUT2D eigenvalue weighted by molar-refractivity contribution is 5.88. The van der Waals surface area contributed by atoms with E-state index in [1.807, 2.05) is 20.8 Å². The van der Waals surface area contributed by atoms with Gasteiger partial charge in [-0.15, -0.1) is 0 Å². The van der Waals surface area contributed by atoms with Gasteiger partial charge >= 0.3 is 6.03 Å². The Balaban J connectivity index is 2.43. The number of amides is 3. The van der Waals surface area contributed by atoms with Gasteiger partial charge in [0.2, 0.25) is 5.91 Å². The topological polar surface area (TPSA) is 61.4 Å². The van der Waals surface area contributed by atoms with Crippen molar-refractivity contribution in [3.05, 3.63) is 0 Å². The summed E-state index contributed by atoms with van der Waals surface area (Å²) in [6.07, 6.45) is 0.687. The van der Waals surface area contributed by atoms with Gasteiger partial charge in [-0.2, -0.15) is 0 Å². The maximum atomic E-state index is 11.5. The highest BCUT2D eigenvalue weighted by Gasteiger charge is 2.30. The molecule has 0 spiro atoms. The Morgan fingerprint density at radius 1 is 1.47 bits per heavy atom. The van der Waals surface area contributed by atoms with Crippen LogP contribution in [-0.4, -0.2) is 42.0 Å². The summed E-state index contributed by atoms with van der Waals surface area (Å²) >= 11 is 0. The van der Waals surface area contributed by atoms with E-state index in [1.54, 1.807) is 11.9 Å². The minimum absolute atomic E-state index is 0.0148. The monoisotopic (exact) mass is 213 g/mol. The molecule has 0 aromatic carbocycles. The van der Waals surface area contributed by atoms with Crippen molar-refractivity contribution in [1.82, 2.24) is 15.5 Å². The van der Waals surface area contributed by atoms with E-state index in [2.05, 4.69) is 10.6 Å². The molecule has 0 bridgehead atoms. The van der Waals surface area contributed by atoms with Crippen LogP contribution in [0.4, 0.5) is 4.79 Å². The third-order valence-corrected chi connectivity index (χ3v) is 2.22. The molecular weight excluding hydrogens is 194 g/mol. The summed E-state index contributed by atoms with van der Waals surface area (Å²) in [6.45, 7) is 6.40. The number of hydrogen-bond donors (Lipinski definition) is 2. The van der Waals surface area contributed by atoms with Crippen LogP contribution in [0.5, 0.6) is 0 Å². The second-order valence-electron chi connectivity index (χ2n) is 4.95. The Kier molecular flexibility index (Phi) is 3.21. The van der Waals surface area contributed by atoms with Crippen molar-refractivity contribution in [2.24, 2.45) is 0 Å². The van der Waals surface area contributed by atoms with Gasteiger partial charge in [0, 0.05) is 19.1 Å². The fraction of sp³-hybridized carbons (Fsp3) is 0.800. The SMILES string of the molecule is CN1CCC(NC(=O)NC(C)(C)C)C1=O. The maximum Gasteiger partial charge on any atom is 0.315 e. The molecule has 5 nitrogen and oxygen atoms in total. The van der Waals surface area contributed by atoms with Gasteiger partial charge in [0.05, 0.1) is 0 Å². The summed E-state index contributed by atoms with van der Waals surface area (Å²) in [4.78, 5) is 24.6. The van der Waals surface area contributed by atoms with Crippen LogP contribution >= 0.6 is 0 Å². The minimum atomic E-state index is -0.364. The van der Waals surface area contributed by atoms with E-state index in [0.717, 1.165) is 0 Å². The second kappa shape index (κ2) is 4.08. The number of nitrogens with zero attached hydrogens (tertiary/aromatic N) is 1. The first-order valence-corrected chi connectivity index (χ1v) is 5.13. The first-order valence-electron chi connectivity index (χ1n) is 5.13. The molecule has 86 valence electrons. The lowest BCUT2D eigenvalue weighted by molar-refractivity contribution is -0.128. The van der Waals surface area contributed by atoms with Crippen LogP contribution in [0.1, 0.15) is 27.2 Å². The molecular formula is C10H19N3O2. The average molecular weight is 213 g/mol. The van der Waals surface area contributed by atoms with Gasteiger partial charge in [-0.05, 0) is 27.2 Å². The third kappa shape index (κ3) is 3.42. The molecule has 1 aliphatic heterocycles. The number of rotatable bonds is 1. The third-order valence-electron chi connectivity index (χ3n) is 2.22. The van der Waals surface area contributed by atoms with E-state index < -0.39 is 0 Å². The Morgan fingerprint density at radius 2 is 2.07 bits per heavy atom. The summed E-state index contributed by atoms with van der Waals surface area (Å²) in [5.74, 6) is -0.0148. The standard InChI is InChI=1S/C10H19N3O2/c1-10(2,3)12-9(15)11-7-5-6-13(4)8(7)14/h7H,5-6H2,1-4H3,(H2,11,12,15). The van der Waals surface area contributed by atoms with Gasteiger partial charge in [-0.25, -0.2) is 4.79 Å². The lowest BCUT2D eigenvalue weighted by atomic mass is 10.1. The van der Waals surface area contributed by atoms with Crippen molar-refractivity contribution in [2.45, 2.75) is 38.8 Å². The smallest absolute Gasteiger partial charge is 0.315 e. The molecule has 1 unspecified atom stereocenters. The zero-order chi connectivity index (χ0) is 11.6. The summed E-state index contributed by atoms with van der Waals surface area (Å²) in [5, 5.41) is 5.43. The molecule has 1 atom stereocenters. The summed E-state index contributed by atoms with van der Waals surface area (Å²) in [6, 6.07) is -0.645. The number of likely N-dealkylation sites (N-methyl/N-ethyl adjacent to an activating group) is 1. The molecule has 1 aliphatic rings. The predicted octanol–water partition coefficient (Wildman–Crippen LogP) is 0.315. The van der Waals surface area contributed by atoms with Crippen LogP contribution < -0.4 is 10.6 Å². The van der Waals surface area contributed by atoms with Gasteiger partial charge in [0.25, 0.3) is 0 Å². The first-order chi connectivity index (χ1) is 6.79. The number of urea groups is 1. The lowest BCUT2D eigenvalue weighted by Crippen LogP contribution is -2.51. The zero-order valence-corrected chi connectivity index (χ0v) is 9.76. The van der Waals surface area contributed by atoms with Crippen LogP contribution in [0.15, 0.2) is 0 Å². The molecule has 0 aliphatic carbocycles. The van der Waals surface area contributed by atoms with Crippen LogP contribution in [0.3, 0.4) is 0 Å². The minimum Gasteiger partial charge on any atom is -0.344 e. The van der Waals surface area contributed by atoms with Crippen LogP contribution in [0.2, 0.25) is 0 Å². The zero-order valence-electron chi connectivity index (χ0n) is 9.76. The molecule has 1 heterocycles. The van der Waals surface area contributed by atoms with E-state index in [4.69, 9.17) is 0 Å². The van der Waals surface area contributed by atoms with E-state index in [-0.39, 0.29) is 23.5 Å². The van der Waals surface area contributed by atoms with Crippen LogP contribution in [-0.2, 0) is 4.79 Å². The largest absolute Gasteiger partial charge is 0.344 e. The van der Waals surface area contributed by atoms with Crippen molar-refractivity contribution in [1.29, 1.82) is 0 Å². The molecule has 2 N–H and O–H groups in total. The molecule has 0 radical (unpaired) electrons. The highest BCUT2D eigenvalue weighted by Crippen LogP contribution is 2.08. The van der Waals surface area contributed by atoms with E-state index >= 15 is 0 Å². The normalized spacial score (nSPS) is 21.7. The van der Waals surface area contributed by atoms with Crippen molar-refractivity contribution in [3.63, 3.8) is 0 Å². The second-order valence-corrected chi connectivity index (χ2v) is 4.95. The fourth-order valence-electron chi connectivity index (χ4n) is 1.49. The number of carbonyl (C=O) groups excluding carboxylic acids is 2. The first kappa shape index (κ1) is 11.8. The van der Waals surface area contributed by atoms with Crippen molar-refractivity contribution in [3.8, 4) is 0 Å². The Hall–Kier alpha value is -1.26. The lowest BCUT2D eigenvalue weighted by Gasteiger charge is -2.22. The van der Waals surface area contributed by atoms with E-state index in [1.165, 1.54) is 0 Å². The average Bonchev–Trinajstić information content (AvgIpc) is 2.32. The predicted molar refractivity (Wildman–Crippen MR) is 57.5 cm³/mol. The van der Waals surface area contributed by atoms with Crippen LogP contribution in [0, 0.1) is 0 Å². The molecule has 15 heavy (non-hydrogen) atoms. The molecule has 0 aromatic heterocycles.